The van der Waals surface area contributed by atoms with E-state index in [-0.39, 0.29) is 17.1 Å². The minimum absolute atomic E-state index is 0.00323. The number of nitrogens with one attached hydrogen (secondary N) is 1. The highest BCUT2D eigenvalue weighted by molar-refractivity contribution is 5.87. The van der Waals surface area contributed by atoms with Crippen LogP contribution < -0.4 is 5.32 Å². The lowest BCUT2D eigenvalue weighted by Crippen LogP contribution is -2.42. The molecule has 0 radical (unpaired) electrons. The zero-order valence-electron chi connectivity index (χ0n) is 12.9. The van der Waals surface area contributed by atoms with Crippen LogP contribution >= 0.6 is 0 Å². The van der Waals surface area contributed by atoms with Gasteiger partial charge in [0.15, 0.2) is 5.78 Å². The van der Waals surface area contributed by atoms with Crippen molar-refractivity contribution in [3.05, 3.63) is 35.9 Å². The molecule has 0 aromatic heterocycles. The number of carbonyl (C=O) groups is 2. The molecule has 1 aromatic rings. The van der Waals surface area contributed by atoms with Crippen molar-refractivity contribution in [2.45, 2.75) is 53.0 Å². The topological polar surface area (TPSA) is 46.2 Å². The predicted octanol–water partition coefficient (Wildman–Crippen LogP) is 3.13. The number of amides is 1. The third kappa shape index (κ3) is 5.55. The van der Waals surface area contributed by atoms with Gasteiger partial charge in [0.25, 0.3) is 0 Å². The van der Waals surface area contributed by atoms with Crippen molar-refractivity contribution in [2.75, 3.05) is 0 Å². The molecule has 0 aliphatic carbocycles. The first kappa shape index (κ1) is 16.4. The fourth-order valence-electron chi connectivity index (χ4n) is 1.95. The van der Waals surface area contributed by atoms with E-state index in [1.165, 1.54) is 6.92 Å². The monoisotopic (exact) mass is 275 g/mol. The smallest absolute Gasteiger partial charge is 0.221 e. The molecule has 1 atom stereocenters. The van der Waals surface area contributed by atoms with Gasteiger partial charge in [0.2, 0.25) is 5.91 Å². The maximum absolute atomic E-state index is 12.1. The molecule has 3 nitrogen and oxygen atoms in total. The molecule has 1 rings (SSSR count). The lowest BCUT2D eigenvalue weighted by atomic mass is 9.86. The molecule has 0 fully saturated rings. The van der Waals surface area contributed by atoms with Crippen molar-refractivity contribution in [3.63, 3.8) is 0 Å². The highest BCUT2D eigenvalue weighted by atomic mass is 16.2. The maximum atomic E-state index is 12.1. The quantitative estimate of drug-likeness (QED) is 0.831. The molecular weight excluding hydrogens is 250 g/mol. The Labute approximate surface area is 121 Å². The number of hydrogen-bond donors (Lipinski definition) is 1. The normalized spacial score (nSPS) is 12.8. The minimum atomic E-state index is -0.433. The van der Waals surface area contributed by atoms with Crippen molar-refractivity contribution in [2.24, 2.45) is 5.41 Å². The summed E-state index contributed by atoms with van der Waals surface area (Å²) in [4.78, 5) is 23.8. The second kappa shape index (κ2) is 7.22. The van der Waals surface area contributed by atoms with E-state index in [9.17, 15) is 9.59 Å². The zero-order chi connectivity index (χ0) is 15.2. The summed E-state index contributed by atoms with van der Waals surface area (Å²) >= 11 is 0. The fourth-order valence-corrected chi connectivity index (χ4v) is 1.95. The van der Waals surface area contributed by atoms with E-state index in [1.807, 2.05) is 30.3 Å². The van der Waals surface area contributed by atoms with Gasteiger partial charge >= 0.3 is 0 Å². The van der Waals surface area contributed by atoms with Crippen LogP contribution in [-0.4, -0.2) is 17.7 Å². The average molecular weight is 275 g/mol. The van der Waals surface area contributed by atoms with Gasteiger partial charge in [-0.3, -0.25) is 9.59 Å². The number of hydrogen-bond acceptors (Lipinski definition) is 2. The largest absolute Gasteiger partial charge is 0.346 e. The van der Waals surface area contributed by atoms with Crippen LogP contribution in [0, 0.1) is 5.41 Å². The van der Waals surface area contributed by atoms with Gasteiger partial charge in [-0.1, -0.05) is 57.5 Å². The highest BCUT2D eigenvalue weighted by Crippen LogP contribution is 2.24. The van der Waals surface area contributed by atoms with E-state index in [1.54, 1.807) is 0 Å². The molecule has 0 aliphatic rings. The number of ketones is 1. The van der Waals surface area contributed by atoms with Crippen molar-refractivity contribution in [1.29, 1.82) is 0 Å². The molecule has 0 saturated heterocycles. The van der Waals surface area contributed by atoms with E-state index in [0.717, 1.165) is 12.0 Å². The van der Waals surface area contributed by atoms with Gasteiger partial charge in [0.05, 0.1) is 6.04 Å². The summed E-state index contributed by atoms with van der Waals surface area (Å²) in [6.45, 7) is 7.72. The van der Waals surface area contributed by atoms with Gasteiger partial charge in [-0.15, -0.1) is 0 Å². The molecule has 0 unspecified atom stereocenters. The number of benzene rings is 1. The van der Waals surface area contributed by atoms with Crippen LogP contribution in [0.25, 0.3) is 0 Å². The average Bonchev–Trinajstić information content (AvgIpc) is 2.38. The first-order chi connectivity index (χ1) is 9.34. The molecule has 110 valence electrons. The van der Waals surface area contributed by atoms with Gasteiger partial charge in [-0.25, -0.2) is 0 Å². The fraction of sp³-hybridized carbons (Fsp3) is 0.529. The Kier molecular flexibility index (Phi) is 5.93. The maximum Gasteiger partial charge on any atom is 0.221 e. The van der Waals surface area contributed by atoms with Crippen LogP contribution in [0.15, 0.2) is 30.3 Å². The molecule has 1 amide bonds. The van der Waals surface area contributed by atoms with E-state index in [2.05, 4.69) is 26.1 Å². The predicted molar refractivity (Wildman–Crippen MR) is 81.4 cm³/mol. The van der Waals surface area contributed by atoms with Gasteiger partial charge in [-0.05, 0) is 24.3 Å². The Morgan fingerprint density at radius 2 is 1.80 bits per heavy atom. The molecule has 0 bridgehead atoms. The second-order valence-corrected chi connectivity index (χ2v) is 6.12. The van der Waals surface area contributed by atoms with Crippen molar-refractivity contribution in [3.8, 4) is 0 Å². The van der Waals surface area contributed by atoms with Crippen LogP contribution in [0.1, 0.15) is 46.1 Å². The SMILES string of the molecule is CCC(C)(C)CC(=O)N[C@H](Cc1ccccc1)C(C)=O. The lowest BCUT2D eigenvalue weighted by Gasteiger charge is -2.23. The second-order valence-electron chi connectivity index (χ2n) is 6.12. The number of rotatable bonds is 7. The first-order valence-corrected chi connectivity index (χ1v) is 7.18. The molecule has 0 heterocycles. The molecular formula is C17H25NO2. The Bertz CT molecular complexity index is 451. The zero-order valence-corrected chi connectivity index (χ0v) is 12.9. The summed E-state index contributed by atoms with van der Waals surface area (Å²) in [7, 11) is 0. The highest BCUT2D eigenvalue weighted by Gasteiger charge is 2.23. The standard InChI is InChI=1S/C17H25NO2/c1-5-17(3,4)12-16(20)18-15(13(2)19)11-14-9-7-6-8-10-14/h6-10,15H,5,11-12H2,1-4H3,(H,18,20)/t15-/m1/s1. The summed E-state index contributed by atoms with van der Waals surface area (Å²) in [5, 5.41) is 2.87. The summed E-state index contributed by atoms with van der Waals surface area (Å²) in [5.41, 5.74) is 1.03. The van der Waals surface area contributed by atoms with Crippen molar-refractivity contribution >= 4 is 11.7 Å². The Hall–Kier alpha value is -1.64. The summed E-state index contributed by atoms with van der Waals surface area (Å²) in [6, 6.07) is 9.32. The third-order valence-electron chi connectivity index (χ3n) is 3.70. The summed E-state index contributed by atoms with van der Waals surface area (Å²) < 4.78 is 0. The van der Waals surface area contributed by atoms with E-state index in [0.29, 0.717) is 12.8 Å². The molecule has 1 N–H and O–H groups in total. The van der Waals surface area contributed by atoms with Crippen LogP contribution in [-0.2, 0) is 16.0 Å². The van der Waals surface area contributed by atoms with Crippen molar-refractivity contribution in [1.82, 2.24) is 5.32 Å². The molecule has 0 aliphatic heterocycles. The van der Waals surface area contributed by atoms with Crippen LogP contribution in [0.3, 0.4) is 0 Å². The van der Waals surface area contributed by atoms with Gasteiger partial charge in [0.1, 0.15) is 0 Å². The van der Waals surface area contributed by atoms with E-state index < -0.39 is 6.04 Å². The molecule has 20 heavy (non-hydrogen) atoms. The molecule has 3 heteroatoms. The third-order valence-corrected chi connectivity index (χ3v) is 3.70. The van der Waals surface area contributed by atoms with Crippen LogP contribution in [0.5, 0.6) is 0 Å². The van der Waals surface area contributed by atoms with Crippen LogP contribution in [0.2, 0.25) is 0 Å². The minimum Gasteiger partial charge on any atom is -0.346 e. The number of Topliss-reactive ketones (excluding diaryl/α,β-unsaturated/α-hetero) is 1. The van der Waals surface area contributed by atoms with Gasteiger partial charge < -0.3 is 5.32 Å². The molecule has 1 aromatic carbocycles. The number of carbonyl (C=O) groups excluding carboxylic acids is 2. The van der Waals surface area contributed by atoms with Gasteiger partial charge in [-0.2, -0.15) is 0 Å². The van der Waals surface area contributed by atoms with Crippen LogP contribution in [0.4, 0.5) is 0 Å². The summed E-state index contributed by atoms with van der Waals surface area (Å²) in [6.07, 6.45) is 1.93. The lowest BCUT2D eigenvalue weighted by molar-refractivity contribution is -0.128. The summed E-state index contributed by atoms with van der Waals surface area (Å²) in [5.74, 6) is -0.0514. The van der Waals surface area contributed by atoms with E-state index >= 15 is 0 Å². The molecule has 0 saturated carbocycles. The first-order valence-electron chi connectivity index (χ1n) is 7.18. The Morgan fingerprint density at radius 3 is 2.30 bits per heavy atom. The Balaban J connectivity index is 2.64. The Morgan fingerprint density at radius 1 is 1.20 bits per heavy atom. The van der Waals surface area contributed by atoms with Gasteiger partial charge in [0, 0.05) is 6.42 Å². The van der Waals surface area contributed by atoms with Crippen molar-refractivity contribution < 1.29 is 9.59 Å². The van der Waals surface area contributed by atoms with E-state index in [4.69, 9.17) is 0 Å². The molecule has 0 spiro atoms.